The van der Waals surface area contributed by atoms with Crippen LogP contribution >= 0.6 is 0 Å². The van der Waals surface area contributed by atoms with Crippen LogP contribution in [0.5, 0.6) is 0 Å². The fourth-order valence-corrected chi connectivity index (χ4v) is 3.31. The van der Waals surface area contributed by atoms with Gasteiger partial charge >= 0.3 is 0 Å². The molecule has 88 valence electrons. The van der Waals surface area contributed by atoms with Gasteiger partial charge in [0.2, 0.25) is 0 Å². The van der Waals surface area contributed by atoms with Gasteiger partial charge in [0.25, 0.3) is 0 Å². The number of hydrogen-bond donors (Lipinski definition) is 1. The molecule has 2 heterocycles. The third kappa shape index (κ3) is 1.52. The molecule has 0 radical (unpaired) electrons. The van der Waals surface area contributed by atoms with Crippen LogP contribution in [0.15, 0.2) is 6.20 Å². The van der Waals surface area contributed by atoms with Crippen LogP contribution in [-0.4, -0.2) is 27.8 Å². The first-order valence-corrected chi connectivity index (χ1v) is 6.17. The molecule has 4 heteroatoms. The van der Waals surface area contributed by atoms with Gasteiger partial charge in [0.1, 0.15) is 5.82 Å². The highest BCUT2D eigenvalue weighted by molar-refractivity contribution is 5.38. The average molecular weight is 220 g/mol. The third-order valence-electron chi connectivity index (χ3n) is 4.24. The number of hydrogen-bond acceptors (Lipinski definition) is 3. The highest BCUT2D eigenvalue weighted by Gasteiger charge is 2.44. The third-order valence-corrected chi connectivity index (χ3v) is 4.24. The van der Waals surface area contributed by atoms with E-state index in [0.29, 0.717) is 5.41 Å². The molecule has 0 aromatic carbocycles. The maximum Gasteiger partial charge on any atom is 0.125 e. The van der Waals surface area contributed by atoms with E-state index in [1.165, 1.54) is 44.3 Å². The minimum absolute atomic E-state index is 0.678. The number of rotatable bonds is 2. The summed E-state index contributed by atoms with van der Waals surface area (Å²) in [5, 5.41) is 4.18. The van der Waals surface area contributed by atoms with Gasteiger partial charge in [0, 0.05) is 32.2 Å². The van der Waals surface area contributed by atoms with E-state index in [4.69, 9.17) is 5.73 Å². The second kappa shape index (κ2) is 3.48. The monoisotopic (exact) mass is 220 g/mol. The average Bonchev–Trinajstić information content (AvgIpc) is 2.79. The SMILES string of the molecule is Cn1ncc(CN2CC3(CCCC3)C2)c1N. The Morgan fingerprint density at radius 3 is 2.62 bits per heavy atom. The maximum atomic E-state index is 5.95. The van der Waals surface area contributed by atoms with Crippen molar-refractivity contribution in [1.29, 1.82) is 0 Å². The Morgan fingerprint density at radius 1 is 1.38 bits per heavy atom. The summed E-state index contributed by atoms with van der Waals surface area (Å²) in [5.41, 5.74) is 7.80. The number of aryl methyl sites for hydroxylation is 1. The Morgan fingerprint density at radius 2 is 2.06 bits per heavy atom. The van der Waals surface area contributed by atoms with Gasteiger partial charge in [-0.15, -0.1) is 0 Å². The standard InChI is InChI=1S/C12H20N4/c1-15-11(13)10(6-14-15)7-16-8-12(9-16)4-2-3-5-12/h6H,2-5,7-9,13H2,1H3. The zero-order valence-corrected chi connectivity index (χ0v) is 9.95. The first-order chi connectivity index (χ1) is 7.69. The largest absolute Gasteiger partial charge is 0.384 e. The van der Waals surface area contributed by atoms with E-state index in [2.05, 4.69) is 10.00 Å². The number of nitrogens with two attached hydrogens (primary N) is 1. The van der Waals surface area contributed by atoms with Crippen molar-refractivity contribution in [3.05, 3.63) is 11.8 Å². The lowest BCUT2D eigenvalue weighted by Gasteiger charge is -2.48. The summed E-state index contributed by atoms with van der Waals surface area (Å²) >= 11 is 0. The predicted octanol–water partition coefficient (Wildman–Crippen LogP) is 1.38. The summed E-state index contributed by atoms with van der Waals surface area (Å²) in [6.07, 6.45) is 7.64. The Bertz CT molecular complexity index is 382. The fraction of sp³-hybridized carbons (Fsp3) is 0.750. The van der Waals surface area contributed by atoms with E-state index >= 15 is 0 Å². The molecule has 1 saturated heterocycles. The van der Waals surface area contributed by atoms with Crippen LogP contribution in [0.3, 0.4) is 0 Å². The molecular weight excluding hydrogens is 200 g/mol. The molecule has 1 saturated carbocycles. The van der Waals surface area contributed by atoms with Gasteiger partial charge in [-0.25, -0.2) is 0 Å². The summed E-state index contributed by atoms with van der Waals surface area (Å²) in [5.74, 6) is 0.812. The van der Waals surface area contributed by atoms with Crippen LogP contribution < -0.4 is 5.73 Å². The Balaban J connectivity index is 1.60. The minimum atomic E-state index is 0.678. The van der Waals surface area contributed by atoms with Crippen molar-refractivity contribution < 1.29 is 0 Å². The molecular formula is C12H20N4. The summed E-state index contributed by atoms with van der Waals surface area (Å²) in [7, 11) is 1.90. The second-order valence-electron chi connectivity index (χ2n) is 5.53. The maximum absolute atomic E-state index is 5.95. The number of nitrogen functional groups attached to an aromatic ring is 1. The lowest BCUT2D eigenvalue weighted by atomic mass is 9.78. The van der Waals surface area contributed by atoms with Crippen molar-refractivity contribution in [3.63, 3.8) is 0 Å². The van der Waals surface area contributed by atoms with E-state index in [1.54, 1.807) is 4.68 Å². The molecule has 4 nitrogen and oxygen atoms in total. The summed E-state index contributed by atoms with van der Waals surface area (Å²) < 4.78 is 1.75. The van der Waals surface area contributed by atoms with Crippen molar-refractivity contribution in [2.45, 2.75) is 32.2 Å². The lowest BCUT2D eigenvalue weighted by Crippen LogP contribution is -2.54. The number of likely N-dealkylation sites (tertiary alicyclic amines) is 1. The number of anilines is 1. The van der Waals surface area contributed by atoms with Gasteiger partial charge in [-0.3, -0.25) is 9.58 Å². The molecule has 0 unspecified atom stereocenters. The van der Waals surface area contributed by atoms with Crippen molar-refractivity contribution in [2.24, 2.45) is 12.5 Å². The van der Waals surface area contributed by atoms with Gasteiger partial charge in [0.15, 0.2) is 0 Å². The fourth-order valence-electron chi connectivity index (χ4n) is 3.31. The van der Waals surface area contributed by atoms with Gasteiger partial charge in [-0.2, -0.15) is 5.10 Å². The van der Waals surface area contributed by atoms with Crippen LogP contribution in [-0.2, 0) is 13.6 Å². The zero-order chi connectivity index (χ0) is 11.2. The van der Waals surface area contributed by atoms with Crippen LogP contribution in [0.2, 0.25) is 0 Å². The molecule has 0 amide bonds. The highest BCUT2D eigenvalue weighted by Crippen LogP contribution is 2.45. The summed E-state index contributed by atoms with van der Waals surface area (Å²) in [4.78, 5) is 2.50. The Labute approximate surface area is 96.4 Å². The molecule has 1 spiro atoms. The molecule has 2 N–H and O–H groups in total. The van der Waals surface area contributed by atoms with Crippen molar-refractivity contribution >= 4 is 5.82 Å². The summed E-state index contributed by atoms with van der Waals surface area (Å²) in [6.45, 7) is 3.50. The molecule has 0 bridgehead atoms. The molecule has 2 fully saturated rings. The number of nitrogens with zero attached hydrogens (tertiary/aromatic N) is 3. The Kier molecular flexibility index (Phi) is 2.21. The summed E-state index contributed by atoms with van der Waals surface area (Å²) in [6, 6.07) is 0. The molecule has 1 aromatic heterocycles. The van der Waals surface area contributed by atoms with E-state index in [0.717, 1.165) is 12.4 Å². The molecule has 1 aliphatic heterocycles. The number of aromatic nitrogens is 2. The predicted molar refractivity (Wildman–Crippen MR) is 63.8 cm³/mol. The van der Waals surface area contributed by atoms with Crippen molar-refractivity contribution in [3.8, 4) is 0 Å². The van der Waals surface area contributed by atoms with Crippen molar-refractivity contribution in [1.82, 2.24) is 14.7 Å². The normalized spacial score (nSPS) is 23.8. The molecule has 2 aliphatic rings. The smallest absolute Gasteiger partial charge is 0.125 e. The molecule has 1 aliphatic carbocycles. The Hall–Kier alpha value is -1.03. The first kappa shape index (κ1) is 10.1. The van der Waals surface area contributed by atoms with Gasteiger partial charge in [-0.05, 0) is 18.3 Å². The molecule has 16 heavy (non-hydrogen) atoms. The van der Waals surface area contributed by atoms with E-state index < -0.39 is 0 Å². The van der Waals surface area contributed by atoms with Crippen LogP contribution in [0, 0.1) is 5.41 Å². The topological polar surface area (TPSA) is 47.1 Å². The van der Waals surface area contributed by atoms with E-state index in [1.807, 2.05) is 13.2 Å². The van der Waals surface area contributed by atoms with E-state index in [9.17, 15) is 0 Å². The zero-order valence-electron chi connectivity index (χ0n) is 9.95. The van der Waals surface area contributed by atoms with Gasteiger partial charge in [-0.1, -0.05) is 12.8 Å². The quantitative estimate of drug-likeness (QED) is 0.819. The van der Waals surface area contributed by atoms with Crippen LogP contribution in [0.25, 0.3) is 0 Å². The van der Waals surface area contributed by atoms with Crippen molar-refractivity contribution in [2.75, 3.05) is 18.8 Å². The van der Waals surface area contributed by atoms with Crippen LogP contribution in [0.4, 0.5) is 5.82 Å². The second-order valence-corrected chi connectivity index (χ2v) is 5.53. The highest BCUT2D eigenvalue weighted by atomic mass is 15.3. The first-order valence-electron chi connectivity index (χ1n) is 6.17. The lowest BCUT2D eigenvalue weighted by molar-refractivity contribution is -0.000112. The van der Waals surface area contributed by atoms with Gasteiger partial charge in [0.05, 0.1) is 6.20 Å². The van der Waals surface area contributed by atoms with Crippen LogP contribution in [0.1, 0.15) is 31.2 Å². The minimum Gasteiger partial charge on any atom is -0.384 e. The van der Waals surface area contributed by atoms with E-state index in [-0.39, 0.29) is 0 Å². The molecule has 0 atom stereocenters. The molecule has 3 rings (SSSR count). The van der Waals surface area contributed by atoms with Gasteiger partial charge < -0.3 is 5.73 Å². The molecule has 1 aromatic rings.